The summed E-state index contributed by atoms with van der Waals surface area (Å²) in [4.78, 5) is 50.2. The minimum Gasteiger partial charge on any atom is -0.300 e. The molecule has 4 nitrogen and oxygen atoms in total. The molecule has 0 aromatic rings. The zero-order chi connectivity index (χ0) is 26.4. The summed E-state index contributed by atoms with van der Waals surface area (Å²) in [7, 11) is 0. The molecule has 1 unspecified atom stereocenters. The Balaban J connectivity index is 0.000000479. The van der Waals surface area contributed by atoms with Crippen LogP contribution in [-0.4, -0.2) is 23.1 Å². The van der Waals surface area contributed by atoms with Gasteiger partial charge in [0.05, 0.1) is 0 Å². The molecule has 196 valence electrons. The van der Waals surface area contributed by atoms with Gasteiger partial charge >= 0.3 is 0 Å². The van der Waals surface area contributed by atoms with Gasteiger partial charge in [0.2, 0.25) is 0 Å². The number of Topliss-reactive ketones (excluding diaryl/α,β-unsaturated/α-hetero) is 4. The minimum absolute atomic E-state index is 0.0428. The van der Waals surface area contributed by atoms with Gasteiger partial charge in [0, 0.05) is 46.8 Å². The molecule has 0 spiro atoms. The monoisotopic (exact) mass is 476 g/mol. The standard InChI is InChI=1S/C22H40O2.C8H12O2/c1-9-19(10-2)17(23)21(13-5,14-6)22(15-7,16-8)18(24)20(19,11-3)12-4;1-2-6-5-7(9)3-4-8(6)10/h9-16H2,1-8H3;6H,2-5H2,1H3. The van der Waals surface area contributed by atoms with Crippen LogP contribution in [0.15, 0.2) is 0 Å². The molecule has 0 bridgehead atoms. The van der Waals surface area contributed by atoms with E-state index in [0.29, 0.717) is 30.8 Å². The van der Waals surface area contributed by atoms with Gasteiger partial charge in [-0.3, -0.25) is 19.2 Å². The number of carbonyl (C=O) groups excluding carboxylic acids is 4. The third-order valence-corrected chi connectivity index (χ3v) is 10.5. The molecule has 1 atom stereocenters. The Labute approximate surface area is 209 Å². The van der Waals surface area contributed by atoms with Crippen LogP contribution < -0.4 is 0 Å². The fourth-order valence-corrected chi connectivity index (χ4v) is 8.11. The van der Waals surface area contributed by atoms with Crippen LogP contribution in [0.3, 0.4) is 0 Å². The quantitative estimate of drug-likeness (QED) is 0.342. The van der Waals surface area contributed by atoms with Gasteiger partial charge < -0.3 is 0 Å². The Kier molecular flexibility index (Phi) is 10.9. The van der Waals surface area contributed by atoms with E-state index in [4.69, 9.17) is 0 Å². The summed E-state index contributed by atoms with van der Waals surface area (Å²) in [6, 6.07) is 0. The first-order valence-electron chi connectivity index (χ1n) is 14.2. The maximum atomic E-state index is 14.2. The molecule has 4 heteroatoms. The van der Waals surface area contributed by atoms with E-state index in [-0.39, 0.29) is 17.5 Å². The average molecular weight is 477 g/mol. The van der Waals surface area contributed by atoms with E-state index in [1.807, 2.05) is 6.92 Å². The Hall–Kier alpha value is -1.32. The second-order valence-corrected chi connectivity index (χ2v) is 10.6. The van der Waals surface area contributed by atoms with Crippen molar-refractivity contribution in [2.45, 2.75) is 139 Å². The molecular formula is C30H52O4. The topological polar surface area (TPSA) is 68.3 Å². The molecule has 0 aromatic heterocycles. The molecule has 34 heavy (non-hydrogen) atoms. The SMILES string of the molecule is CCC1(CC)C(=O)C(CC)(CC)C(CC)(CC)C(=O)C1(CC)CC.CCC1CC(=O)CCC1=O. The number of carbonyl (C=O) groups is 4. The molecule has 2 fully saturated rings. The first-order chi connectivity index (χ1) is 16.0. The lowest BCUT2D eigenvalue weighted by molar-refractivity contribution is -0.193. The van der Waals surface area contributed by atoms with Gasteiger partial charge in [-0.2, -0.15) is 0 Å². The zero-order valence-corrected chi connectivity index (χ0v) is 23.7. The Morgan fingerprint density at radius 3 is 1.03 bits per heavy atom. The average Bonchev–Trinajstić information content (AvgIpc) is 2.87. The maximum absolute atomic E-state index is 14.2. The van der Waals surface area contributed by atoms with Gasteiger partial charge in [0.15, 0.2) is 0 Å². The van der Waals surface area contributed by atoms with E-state index >= 15 is 0 Å². The van der Waals surface area contributed by atoms with Crippen molar-refractivity contribution in [1.82, 2.24) is 0 Å². The summed E-state index contributed by atoms with van der Waals surface area (Å²) in [5.74, 6) is 1.38. The molecule has 2 rings (SSSR count). The summed E-state index contributed by atoms with van der Waals surface area (Å²) in [6.45, 7) is 18.9. The second kappa shape index (κ2) is 12.1. The van der Waals surface area contributed by atoms with Crippen molar-refractivity contribution < 1.29 is 19.2 Å². The first-order valence-corrected chi connectivity index (χ1v) is 14.2. The highest BCUT2D eigenvalue weighted by Gasteiger charge is 2.72. The molecule has 0 amide bonds. The number of ketones is 4. The van der Waals surface area contributed by atoms with Crippen LogP contribution in [0.4, 0.5) is 0 Å². The predicted octanol–water partition coefficient (Wildman–Crippen LogP) is 7.70. The first kappa shape index (κ1) is 30.7. The highest BCUT2D eigenvalue weighted by Crippen LogP contribution is 2.68. The van der Waals surface area contributed by atoms with E-state index in [2.05, 4.69) is 55.4 Å². The molecular weight excluding hydrogens is 424 g/mol. The van der Waals surface area contributed by atoms with Crippen LogP contribution in [0, 0.1) is 27.6 Å². The van der Waals surface area contributed by atoms with E-state index < -0.39 is 21.7 Å². The smallest absolute Gasteiger partial charge is 0.147 e. The number of hydrogen-bond donors (Lipinski definition) is 0. The summed E-state index contributed by atoms with van der Waals surface area (Å²) < 4.78 is 0. The fraction of sp³-hybridized carbons (Fsp3) is 0.867. The third kappa shape index (κ3) is 4.26. The van der Waals surface area contributed by atoms with Gasteiger partial charge in [-0.05, 0) is 57.8 Å². The highest BCUT2D eigenvalue weighted by atomic mass is 16.2. The molecule has 0 radical (unpaired) electrons. The lowest BCUT2D eigenvalue weighted by Gasteiger charge is -2.64. The van der Waals surface area contributed by atoms with Crippen LogP contribution in [-0.2, 0) is 19.2 Å². The number of rotatable bonds is 9. The van der Waals surface area contributed by atoms with Crippen LogP contribution >= 0.6 is 0 Å². The van der Waals surface area contributed by atoms with Crippen LogP contribution in [0.25, 0.3) is 0 Å². The van der Waals surface area contributed by atoms with Crippen molar-refractivity contribution in [2.24, 2.45) is 27.6 Å². The van der Waals surface area contributed by atoms with Crippen LogP contribution in [0.1, 0.15) is 139 Å². The van der Waals surface area contributed by atoms with Crippen molar-refractivity contribution in [3.63, 3.8) is 0 Å². The summed E-state index contributed by atoms with van der Waals surface area (Å²) in [5.41, 5.74) is -1.97. The van der Waals surface area contributed by atoms with Crippen molar-refractivity contribution in [2.75, 3.05) is 0 Å². The van der Waals surface area contributed by atoms with Crippen molar-refractivity contribution in [1.29, 1.82) is 0 Å². The summed E-state index contributed by atoms with van der Waals surface area (Å²) in [5, 5.41) is 0. The third-order valence-electron chi connectivity index (χ3n) is 10.5. The highest BCUT2D eigenvalue weighted by molar-refractivity contribution is 6.08. The van der Waals surface area contributed by atoms with Crippen molar-refractivity contribution in [3.05, 3.63) is 0 Å². The lowest BCUT2D eigenvalue weighted by Crippen LogP contribution is -2.70. The van der Waals surface area contributed by atoms with Gasteiger partial charge in [0.1, 0.15) is 23.1 Å². The second-order valence-electron chi connectivity index (χ2n) is 10.6. The molecule has 0 saturated heterocycles. The van der Waals surface area contributed by atoms with Crippen LogP contribution in [0.2, 0.25) is 0 Å². The Morgan fingerprint density at radius 1 is 0.529 bits per heavy atom. The molecule has 2 saturated carbocycles. The largest absolute Gasteiger partial charge is 0.300 e. The van der Waals surface area contributed by atoms with Gasteiger partial charge in [-0.25, -0.2) is 0 Å². The van der Waals surface area contributed by atoms with Gasteiger partial charge in [-0.1, -0.05) is 62.3 Å². The fourth-order valence-electron chi connectivity index (χ4n) is 8.11. The zero-order valence-electron chi connectivity index (χ0n) is 23.7. The molecule has 0 heterocycles. The lowest BCUT2D eigenvalue weighted by atomic mass is 9.36. The van der Waals surface area contributed by atoms with Gasteiger partial charge in [0.25, 0.3) is 0 Å². The van der Waals surface area contributed by atoms with E-state index in [1.54, 1.807) is 0 Å². The van der Waals surface area contributed by atoms with Crippen LogP contribution in [0.5, 0.6) is 0 Å². The molecule has 2 aliphatic carbocycles. The predicted molar refractivity (Wildman–Crippen MR) is 140 cm³/mol. The molecule has 0 aliphatic heterocycles. The summed E-state index contributed by atoms with van der Waals surface area (Å²) in [6.07, 6.45) is 8.51. The van der Waals surface area contributed by atoms with E-state index in [9.17, 15) is 19.2 Å². The molecule has 0 aromatic carbocycles. The summed E-state index contributed by atoms with van der Waals surface area (Å²) >= 11 is 0. The number of hydrogen-bond acceptors (Lipinski definition) is 4. The minimum atomic E-state index is -0.493. The molecule has 0 N–H and O–H groups in total. The van der Waals surface area contributed by atoms with E-state index in [0.717, 1.165) is 57.8 Å². The van der Waals surface area contributed by atoms with E-state index in [1.165, 1.54) is 0 Å². The van der Waals surface area contributed by atoms with Crippen molar-refractivity contribution >= 4 is 23.1 Å². The normalized spacial score (nSPS) is 25.0. The molecule has 2 aliphatic rings. The van der Waals surface area contributed by atoms with Gasteiger partial charge in [-0.15, -0.1) is 0 Å². The maximum Gasteiger partial charge on any atom is 0.147 e. The Bertz CT molecular complexity index is 647. The Morgan fingerprint density at radius 2 is 0.824 bits per heavy atom. The van der Waals surface area contributed by atoms with Crippen molar-refractivity contribution in [3.8, 4) is 0 Å².